The van der Waals surface area contributed by atoms with Crippen LogP contribution in [0.3, 0.4) is 0 Å². The molecule has 1 unspecified atom stereocenters. The van der Waals surface area contributed by atoms with Crippen molar-refractivity contribution >= 4 is 5.97 Å². The molecular formula is C31H62O4. The lowest BCUT2D eigenvalue weighted by Gasteiger charge is -2.17. The highest BCUT2D eigenvalue weighted by Gasteiger charge is 2.12. The van der Waals surface area contributed by atoms with Crippen LogP contribution in [0, 0.1) is 5.92 Å². The molecule has 210 valence electrons. The Morgan fingerprint density at radius 2 is 0.943 bits per heavy atom. The van der Waals surface area contributed by atoms with Crippen LogP contribution in [0.1, 0.15) is 156 Å². The molecule has 0 bridgehead atoms. The minimum absolute atomic E-state index is 0.0645. The molecule has 0 aliphatic carbocycles. The second kappa shape index (κ2) is 29.6. The van der Waals surface area contributed by atoms with Gasteiger partial charge in [-0.3, -0.25) is 4.79 Å². The van der Waals surface area contributed by atoms with Crippen LogP contribution in [-0.4, -0.2) is 39.0 Å². The number of carbonyl (C=O) groups excluding carboxylic acids is 1. The lowest BCUT2D eigenvalue weighted by Crippen LogP contribution is -2.15. The number of hydrogen-bond donors (Lipinski definition) is 0. The topological polar surface area (TPSA) is 44.8 Å². The van der Waals surface area contributed by atoms with Gasteiger partial charge in [-0.25, -0.2) is 0 Å². The number of carbonyl (C=O) groups is 1. The van der Waals surface area contributed by atoms with Crippen molar-refractivity contribution in [1.82, 2.24) is 0 Å². The van der Waals surface area contributed by atoms with Crippen molar-refractivity contribution in [3.05, 3.63) is 0 Å². The summed E-state index contributed by atoms with van der Waals surface area (Å²) in [7, 11) is 0. The molecule has 4 nitrogen and oxygen atoms in total. The van der Waals surface area contributed by atoms with E-state index in [2.05, 4.69) is 20.8 Å². The number of unbranched alkanes of at least 4 members (excludes halogenated alkanes) is 14. The van der Waals surface area contributed by atoms with Crippen LogP contribution in [-0.2, 0) is 19.0 Å². The van der Waals surface area contributed by atoms with Crippen LogP contribution < -0.4 is 0 Å². The van der Waals surface area contributed by atoms with Crippen molar-refractivity contribution in [3.63, 3.8) is 0 Å². The Bertz CT molecular complexity index is 413. The zero-order valence-electron chi connectivity index (χ0n) is 24.1. The lowest BCUT2D eigenvalue weighted by atomic mass is 9.95. The summed E-state index contributed by atoms with van der Waals surface area (Å²) in [5.41, 5.74) is 0. The first-order chi connectivity index (χ1) is 17.2. The Balaban J connectivity index is 3.68. The van der Waals surface area contributed by atoms with Gasteiger partial charge in [0.2, 0.25) is 0 Å². The highest BCUT2D eigenvalue weighted by molar-refractivity contribution is 5.69. The quantitative estimate of drug-likeness (QED) is 0.0761. The predicted molar refractivity (Wildman–Crippen MR) is 150 cm³/mol. The first-order valence-corrected chi connectivity index (χ1v) is 15.6. The lowest BCUT2D eigenvalue weighted by molar-refractivity contribution is -0.145. The molecule has 0 aliphatic heterocycles. The summed E-state index contributed by atoms with van der Waals surface area (Å²) in [4.78, 5) is 12.2. The van der Waals surface area contributed by atoms with E-state index >= 15 is 0 Å². The van der Waals surface area contributed by atoms with Crippen molar-refractivity contribution in [2.24, 2.45) is 5.92 Å². The second-order valence-corrected chi connectivity index (χ2v) is 10.4. The van der Waals surface area contributed by atoms with Gasteiger partial charge in [-0.1, -0.05) is 124 Å². The van der Waals surface area contributed by atoms with Crippen LogP contribution in [0.15, 0.2) is 0 Å². The summed E-state index contributed by atoms with van der Waals surface area (Å²) in [6.07, 6.45) is 25.8. The molecule has 0 heterocycles. The first kappa shape index (κ1) is 34.4. The molecule has 0 saturated heterocycles. The number of hydrogen-bond acceptors (Lipinski definition) is 4. The van der Waals surface area contributed by atoms with E-state index in [1.165, 1.54) is 116 Å². The van der Waals surface area contributed by atoms with Crippen LogP contribution in [0.5, 0.6) is 0 Å². The molecule has 0 N–H and O–H groups in total. The number of rotatable bonds is 29. The van der Waals surface area contributed by atoms with Gasteiger partial charge < -0.3 is 14.2 Å². The van der Waals surface area contributed by atoms with E-state index in [0.29, 0.717) is 38.8 Å². The zero-order valence-corrected chi connectivity index (χ0v) is 24.1. The Hall–Kier alpha value is -0.610. The molecule has 0 aromatic carbocycles. The summed E-state index contributed by atoms with van der Waals surface area (Å²) in [5.74, 6) is 0.469. The standard InChI is InChI=1S/C31H62O4/c1-4-7-10-13-15-17-20-25-33-27-28-34-26-21-24-31(32)35-29-30(22-18-12-9-6-3)23-19-16-14-11-8-5-2/h30H,4-29H2,1-3H3. The molecule has 0 aromatic rings. The molecule has 0 radical (unpaired) electrons. The van der Waals surface area contributed by atoms with Crippen molar-refractivity contribution in [3.8, 4) is 0 Å². The highest BCUT2D eigenvalue weighted by atomic mass is 16.5. The van der Waals surface area contributed by atoms with E-state index in [-0.39, 0.29) is 5.97 Å². The maximum absolute atomic E-state index is 12.2. The Morgan fingerprint density at radius 3 is 1.49 bits per heavy atom. The highest BCUT2D eigenvalue weighted by Crippen LogP contribution is 2.19. The zero-order chi connectivity index (χ0) is 25.7. The minimum Gasteiger partial charge on any atom is -0.465 e. The molecule has 4 heteroatoms. The molecule has 35 heavy (non-hydrogen) atoms. The van der Waals surface area contributed by atoms with Gasteiger partial charge >= 0.3 is 5.97 Å². The third-order valence-corrected chi connectivity index (χ3v) is 6.85. The molecule has 1 atom stereocenters. The maximum atomic E-state index is 12.2. The van der Waals surface area contributed by atoms with Crippen molar-refractivity contribution in [1.29, 1.82) is 0 Å². The fourth-order valence-corrected chi connectivity index (χ4v) is 4.47. The van der Waals surface area contributed by atoms with Crippen molar-refractivity contribution < 1.29 is 19.0 Å². The summed E-state index contributed by atoms with van der Waals surface area (Å²) in [5, 5.41) is 0. The maximum Gasteiger partial charge on any atom is 0.305 e. The van der Waals surface area contributed by atoms with E-state index in [1.54, 1.807) is 0 Å². The van der Waals surface area contributed by atoms with E-state index < -0.39 is 0 Å². The molecule has 0 rings (SSSR count). The fraction of sp³-hybridized carbons (Fsp3) is 0.968. The van der Waals surface area contributed by atoms with Gasteiger partial charge in [0.25, 0.3) is 0 Å². The average Bonchev–Trinajstić information content (AvgIpc) is 2.86. The summed E-state index contributed by atoms with van der Waals surface area (Å²) < 4.78 is 16.9. The summed E-state index contributed by atoms with van der Waals surface area (Å²) >= 11 is 0. The molecule has 0 saturated carbocycles. The minimum atomic E-state index is -0.0645. The fourth-order valence-electron chi connectivity index (χ4n) is 4.47. The van der Waals surface area contributed by atoms with E-state index in [4.69, 9.17) is 14.2 Å². The monoisotopic (exact) mass is 498 g/mol. The molecule has 0 aromatic heterocycles. The first-order valence-electron chi connectivity index (χ1n) is 15.6. The van der Waals surface area contributed by atoms with Crippen molar-refractivity contribution in [2.75, 3.05) is 33.0 Å². The van der Waals surface area contributed by atoms with Gasteiger partial charge in [-0.15, -0.1) is 0 Å². The Kier molecular flexibility index (Phi) is 29.1. The van der Waals surface area contributed by atoms with Gasteiger partial charge in [0, 0.05) is 19.6 Å². The third kappa shape index (κ3) is 27.8. The van der Waals surface area contributed by atoms with Crippen LogP contribution in [0.2, 0.25) is 0 Å². The van der Waals surface area contributed by atoms with E-state index in [1.807, 2.05) is 0 Å². The van der Waals surface area contributed by atoms with Gasteiger partial charge in [0.1, 0.15) is 0 Å². The van der Waals surface area contributed by atoms with Crippen molar-refractivity contribution in [2.45, 2.75) is 156 Å². The van der Waals surface area contributed by atoms with Gasteiger partial charge in [0.15, 0.2) is 0 Å². The van der Waals surface area contributed by atoms with Crippen LogP contribution in [0.4, 0.5) is 0 Å². The molecule has 0 aliphatic rings. The smallest absolute Gasteiger partial charge is 0.305 e. The van der Waals surface area contributed by atoms with Crippen LogP contribution >= 0.6 is 0 Å². The third-order valence-electron chi connectivity index (χ3n) is 6.85. The molecule has 0 amide bonds. The normalized spacial score (nSPS) is 12.2. The number of esters is 1. The van der Waals surface area contributed by atoms with Gasteiger partial charge in [-0.2, -0.15) is 0 Å². The van der Waals surface area contributed by atoms with E-state index in [9.17, 15) is 4.79 Å². The van der Waals surface area contributed by atoms with E-state index in [0.717, 1.165) is 19.4 Å². The molecule has 0 spiro atoms. The van der Waals surface area contributed by atoms with Gasteiger partial charge in [0.05, 0.1) is 19.8 Å². The summed E-state index contributed by atoms with van der Waals surface area (Å²) in [6.45, 7) is 10.1. The average molecular weight is 499 g/mol. The molecule has 0 fully saturated rings. The molecular weight excluding hydrogens is 436 g/mol. The Labute approximate surface area is 219 Å². The second-order valence-electron chi connectivity index (χ2n) is 10.4. The summed E-state index contributed by atoms with van der Waals surface area (Å²) in [6, 6.07) is 0. The Morgan fingerprint density at radius 1 is 0.514 bits per heavy atom. The van der Waals surface area contributed by atoms with Gasteiger partial charge in [-0.05, 0) is 31.6 Å². The number of ether oxygens (including phenoxy) is 3. The predicted octanol–water partition coefficient (Wildman–Crippen LogP) is 9.43. The largest absolute Gasteiger partial charge is 0.465 e. The SMILES string of the molecule is CCCCCCCCCOCCOCCCC(=O)OCC(CCCCCC)CCCCCCCC. The van der Waals surface area contributed by atoms with Crippen LogP contribution in [0.25, 0.3) is 0 Å².